The van der Waals surface area contributed by atoms with Gasteiger partial charge in [-0.05, 0) is 0 Å². The Balaban J connectivity index is 1.51. The summed E-state index contributed by atoms with van der Waals surface area (Å²) in [4.78, 5) is 30.9. The molecule has 0 aliphatic rings. The van der Waals surface area contributed by atoms with Gasteiger partial charge >= 0.3 is 469 Å². The zero-order chi connectivity index (χ0) is 60.6. The van der Waals surface area contributed by atoms with Crippen molar-refractivity contribution in [3.63, 3.8) is 0 Å². The molecule has 0 radical (unpaired) electrons. The third kappa shape index (κ3) is 10.2. The number of Topliss-reactive ketones (excluding diaryl/α,β-unsaturated/α-hetero) is 2. The SMILES string of the molecule is O=C(CP(OB(Oc1cc(C(F)(F)F)cc(C(F)(F)F)c1)OP(CC(=O)c1c(F)c(F)c(F)c(F)c1F)(c1ccccc1)(c1ccccc1)c1ccccc1)(c1ccccc1)(c1ccccc1)c1ccccc1)c1c(F)c(F)c(F)c(F)c1F. The van der Waals surface area contributed by atoms with E-state index in [2.05, 4.69) is 0 Å². The molecule has 0 unspecified atom stereocenters. The fourth-order valence-electron chi connectivity index (χ4n) is 10.3. The standard InChI is InChI=1S/C60H37BF16O5P2/c62-49-47(50(63)54(67)57(70)53(49)66)45(78)34-83(39-19-7-1-8-20-39,40-21-9-2-10-22-40,41-23-11-3-12-24-41)81-61(80-38-32-36(59(72,73)74)31-37(33-38)60(75,76)77)82-84(42-25-13-4-14-26-42,43-27-15-5-16-28-43,44-29-17-6-18-30-44)35-46(79)48-51(64)55(68)58(71)56(69)52(48)65/h1-33H,34-35H2. The van der Waals surface area contributed by atoms with Gasteiger partial charge in [0.15, 0.2) is 0 Å². The van der Waals surface area contributed by atoms with Crippen LogP contribution in [0.1, 0.15) is 31.8 Å². The van der Waals surface area contributed by atoms with Gasteiger partial charge in [0.2, 0.25) is 0 Å². The van der Waals surface area contributed by atoms with Crippen LogP contribution in [0.5, 0.6) is 5.75 Å². The molecule has 9 aromatic rings. The molecule has 84 heavy (non-hydrogen) atoms. The average Bonchev–Trinajstić information content (AvgIpc) is 0.767. The van der Waals surface area contributed by atoms with Crippen molar-refractivity contribution >= 4 is 64.4 Å². The molecule has 0 atom stereocenters. The molecular weight excluding hydrogens is 1180 g/mol. The zero-order valence-corrected chi connectivity index (χ0v) is 44.3. The molecule has 0 fully saturated rings. The molecule has 0 amide bonds. The van der Waals surface area contributed by atoms with Gasteiger partial charge in [-0.3, -0.25) is 0 Å². The molecular formula is C60H37BF16O5P2. The van der Waals surface area contributed by atoms with Crippen molar-refractivity contribution in [2.24, 2.45) is 0 Å². The molecule has 0 bridgehead atoms. The molecule has 0 saturated heterocycles. The predicted molar refractivity (Wildman–Crippen MR) is 286 cm³/mol. The van der Waals surface area contributed by atoms with Gasteiger partial charge in [-0.1, -0.05) is 0 Å². The predicted octanol–water partition coefficient (Wildman–Crippen LogP) is 14.2. The van der Waals surface area contributed by atoms with Gasteiger partial charge in [-0.25, -0.2) is 0 Å². The van der Waals surface area contributed by atoms with Crippen LogP contribution in [0, 0.1) is 58.2 Å². The average molecular weight is 1210 g/mol. The Morgan fingerprint density at radius 2 is 0.548 bits per heavy atom. The van der Waals surface area contributed by atoms with Gasteiger partial charge in [0.05, 0.1) is 0 Å². The Hall–Kier alpha value is -8.16. The fourth-order valence-corrected chi connectivity index (χ4v) is 21.3. The summed E-state index contributed by atoms with van der Waals surface area (Å²) < 4.78 is 267. The van der Waals surface area contributed by atoms with Crippen LogP contribution in [0.2, 0.25) is 0 Å². The summed E-state index contributed by atoms with van der Waals surface area (Å²) in [6, 6.07) is 38.9. The van der Waals surface area contributed by atoms with Gasteiger partial charge in [0.1, 0.15) is 0 Å². The summed E-state index contributed by atoms with van der Waals surface area (Å²) in [6.45, 7) is -12.6. The Kier molecular flexibility index (Phi) is 16.4. The number of ketones is 2. The first-order valence-electron chi connectivity index (χ1n) is 24.6. The van der Waals surface area contributed by atoms with Crippen molar-refractivity contribution in [1.29, 1.82) is 0 Å². The second-order valence-corrected chi connectivity index (χ2v) is 27.9. The maximum atomic E-state index is 16.3. The number of hydrogen-bond acceptors (Lipinski definition) is 5. The fraction of sp³-hybridized carbons (Fsp3) is 0.0667. The molecule has 5 nitrogen and oxygen atoms in total. The molecule has 0 saturated carbocycles. The summed E-state index contributed by atoms with van der Waals surface area (Å²) in [6.07, 6.45) is -14.5. The Labute approximate surface area is 467 Å². The van der Waals surface area contributed by atoms with Gasteiger partial charge in [-0.2, -0.15) is 0 Å². The van der Waals surface area contributed by atoms with Crippen molar-refractivity contribution in [2.75, 3.05) is 12.3 Å². The Bertz CT molecular complexity index is 3440. The molecule has 0 aliphatic heterocycles. The van der Waals surface area contributed by atoms with Crippen molar-refractivity contribution < 1.29 is 93.4 Å². The van der Waals surface area contributed by atoms with E-state index in [-0.39, 0.29) is 50.0 Å². The number of rotatable bonds is 18. The van der Waals surface area contributed by atoms with E-state index in [1.807, 2.05) is 0 Å². The van der Waals surface area contributed by atoms with Crippen LogP contribution >= 0.6 is 13.7 Å². The number of benzene rings is 9. The number of alkyl halides is 6. The van der Waals surface area contributed by atoms with Crippen LogP contribution in [0.4, 0.5) is 70.2 Å². The van der Waals surface area contributed by atoms with Gasteiger partial charge in [0, 0.05) is 0 Å². The quantitative estimate of drug-likeness (QED) is 0.0214. The van der Waals surface area contributed by atoms with Crippen molar-refractivity contribution in [3.05, 3.63) is 281 Å². The van der Waals surface area contributed by atoms with E-state index >= 15 is 44.7 Å². The van der Waals surface area contributed by atoms with E-state index in [4.69, 9.17) is 13.5 Å². The van der Waals surface area contributed by atoms with Crippen LogP contribution in [0.25, 0.3) is 0 Å². The number of carbonyl (C=O) groups excluding carboxylic acids is 2. The van der Waals surface area contributed by atoms with E-state index in [9.17, 15) is 35.1 Å². The zero-order valence-electron chi connectivity index (χ0n) is 42.5. The summed E-state index contributed by atoms with van der Waals surface area (Å²) in [5.74, 6) is -31.6. The van der Waals surface area contributed by atoms with Crippen LogP contribution in [-0.4, -0.2) is 31.2 Å². The molecule has 24 heteroatoms. The molecule has 0 spiro atoms. The topological polar surface area (TPSA) is 61.8 Å². The third-order valence-electron chi connectivity index (χ3n) is 14.1. The van der Waals surface area contributed by atoms with Gasteiger partial charge in [-0.15, -0.1) is 0 Å². The maximum absolute atomic E-state index is 16.3. The van der Waals surface area contributed by atoms with Crippen LogP contribution in [0.15, 0.2) is 200 Å². The second-order valence-electron chi connectivity index (χ2n) is 18.9. The van der Waals surface area contributed by atoms with Crippen molar-refractivity contribution in [3.8, 4) is 5.75 Å². The monoisotopic (exact) mass is 1210 g/mol. The molecule has 0 aliphatic carbocycles. The van der Waals surface area contributed by atoms with Crippen LogP contribution in [0.3, 0.4) is 0 Å². The normalized spacial score (nSPS) is 13.1. The van der Waals surface area contributed by atoms with Gasteiger partial charge < -0.3 is 0 Å². The molecule has 9 rings (SSSR count). The minimum atomic E-state index is -6.32. The third-order valence-corrected chi connectivity index (χ3v) is 25.5. The van der Waals surface area contributed by atoms with Gasteiger partial charge in [0.25, 0.3) is 0 Å². The summed E-state index contributed by atoms with van der Waals surface area (Å²) in [5, 5.41) is -1.63. The molecule has 0 N–H and O–H groups in total. The molecule has 0 aromatic heterocycles. The number of hydrogen-bond donors (Lipinski definition) is 0. The van der Waals surface area contributed by atoms with E-state index < -0.39 is 143 Å². The van der Waals surface area contributed by atoms with Crippen LogP contribution in [-0.2, 0) is 21.2 Å². The molecule has 9 aromatic carbocycles. The summed E-state index contributed by atoms with van der Waals surface area (Å²) >= 11 is 0. The molecule has 432 valence electrons. The van der Waals surface area contributed by atoms with E-state index in [0.717, 1.165) is 0 Å². The van der Waals surface area contributed by atoms with E-state index in [1.54, 1.807) is 0 Å². The second kappa shape index (κ2) is 22.8. The minimum absolute atomic E-state index is 0.0555. The summed E-state index contributed by atoms with van der Waals surface area (Å²) in [7, 11) is -3.18. The number of halogens is 16. The Morgan fingerprint density at radius 3 is 0.762 bits per heavy atom. The van der Waals surface area contributed by atoms with Crippen molar-refractivity contribution in [2.45, 2.75) is 12.4 Å². The van der Waals surface area contributed by atoms with Crippen LogP contribution < -0.4 is 36.5 Å². The number of carbonyl (C=O) groups is 2. The Morgan fingerprint density at radius 1 is 0.333 bits per heavy atom. The van der Waals surface area contributed by atoms with E-state index in [1.165, 1.54) is 182 Å². The van der Waals surface area contributed by atoms with E-state index in [0.29, 0.717) is 0 Å². The summed E-state index contributed by atoms with van der Waals surface area (Å²) in [5.41, 5.74) is -8.15. The first kappa shape index (κ1) is 60.4. The van der Waals surface area contributed by atoms with Crippen molar-refractivity contribution in [1.82, 2.24) is 0 Å². The first-order chi connectivity index (χ1) is 39.8. The first-order valence-corrected chi connectivity index (χ1v) is 29.3. The molecule has 0 heterocycles.